The third-order valence-electron chi connectivity index (χ3n) is 5.56. The molecule has 0 saturated carbocycles. The molecular weight excluding hydrogens is 302 g/mol. The molecule has 3 atom stereocenters. The Morgan fingerprint density at radius 3 is 2.48 bits per heavy atom. The second-order valence-electron chi connectivity index (χ2n) is 7.26. The van der Waals surface area contributed by atoms with Gasteiger partial charge in [0.1, 0.15) is 0 Å². The van der Waals surface area contributed by atoms with Gasteiger partial charge in [0.2, 0.25) is 0 Å². The van der Waals surface area contributed by atoms with Crippen molar-refractivity contribution in [1.82, 2.24) is 5.32 Å². The highest BCUT2D eigenvalue weighted by atomic mass is 14.9. The van der Waals surface area contributed by atoms with E-state index in [9.17, 15) is 0 Å². The minimum atomic E-state index is 0.552. The van der Waals surface area contributed by atoms with Crippen LogP contribution < -0.4 is 5.32 Å². The molecule has 128 valence electrons. The quantitative estimate of drug-likeness (QED) is 0.676. The van der Waals surface area contributed by atoms with Gasteiger partial charge in [-0.15, -0.1) is 0 Å². The van der Waals surface area contributed by atoms with Gasteiger partial charge in [0.15, 0.2) is 0 Å². The Hall–Kier alpha value is -2.28. The van der Waals surface area contributed by atoms with E-state index in [0.29, 0.717) is 17.8 Å². The van der Waals surface area contributed by atoms with Gasteiger partial charge in [0, 0.05) is 17.3 Å². The van der Waals surface area contributed by atoms with Crippen LogP contribution in [-0.4, -0.2) is 0 Å². The van der Waals surface area contributed by atoms with E-state index in [1.54, 1.807) is 5.57 Å². The summed E-state index contributed by atoms with van der Waals surface area (Å²) < 4.78 is 0. The fourth-order valence-electron chi connectivity index (χ4n) is 4.19. The van der Waals surface area contributed by atoms with Gasteiger partial charge in [-0.05, 0) is 56.1 Å². The summed E-state index contributed by atoms with van der Waals surface area (Å²) >= 11 is 0. The van der Waals surface area contributed by atoms with Gasteiger partial charge < -0.3 is 5.32 Å². The van der Waals surface area contributed by atoms with Crippen LogP contribution in [-0.2, 0) is 0 Å². The first-order chi connectivity index (χ1) is 12.4. The molecule has 0 heterocycles. The molecule has 0 fully saturated rings. The summed E-state index contributed by atoms with van der Waals surface area (Å²) in [5.74, 6) is 1.71. The van der Waals surface area contributed by atoms with Crippen molar-refractivity contribution in [3.8, 4) is 0 Å². The SMILES string of the molecule is C1=CCCC(C2C=CC=CC2C2C=CC(NC3=CCCC=C3)=CC2)=C1. The van der Waals surface area contributed by atoms with Gasteiger partial charge in [-0.3, -0.25) is 0 Å². The standard InChI is InChI=1S/C24H27N/c1-3-9-19(10-4-1)23-13-7-8-14-24(23)20-15-17-22(18-16-20)25-21-11-5-2-6-12-21/h1,3,5,7-9,11-15,17-18,20,23-25H,2,4,6,10,16H2. The zero-order chi connectivity index (χ0) is 16.9. The minimum absolute atomic E-state index is 0.552. The summed E-state index contributed by atoms with van der Waals surface area (Å²) in [4.78, 5) is 0. The Morgan fingerprint density at radius 2 is 1.72 bits per heavy atom. The highest BCUT2D eigenvalue weighted by Gasteiger charge is 2.28. The molecule has 3 unspecified atom stereocenters. The van der Waals surface area contributed by atoms with Crippen molar-refractivity contribution in [2.75, 3.05) is 0 Å². The van der Waals surface area contributed by atoms with Crippen LogP contribution in [0.1, 0.15) is 32.1 Å². The molecule has 4 aliphatic carbocycles. The Morgan fingerprint density at radius 1 is 0.800 bits per heavy atom. The zero-order valence-corrected chi connectivity index (χ0v) is 14.8. The van der Waals surface area contributed by atoms with Crippen LogP contribution >= 0.6 is 0 Å². The molecule has 0 aromatic heterocycles. The largest absolute Gasteiger partial charge is 0.356 e. The summed E-state index contributed by atoms with van der Waals surface area (Å²) in [7, 11) is 0. The fraction of sp³-hybridized carbons (Fsp3) is 0.333. The zero-order valence-electron chi connectivity index (χ0n) is 14.8. The maximum Gasteiger partial charge on any atom is 0.0340 e. The van der Waals surface area contributed by atoms with Crippen molar-refractivity contribution in [3.05, 3.63) is 96.0 Å². The second kappa shape index (κ2) is 7.74. The van der Waals surface area contributed by atoms with Gasteiger partial charge in [-0.2, -0.15) is 0 Å². The number of hydrogen-bond donors (Lipinski definition) is 1. The van der Waals surface area contributed by atoms with Crippen LogP contribution in [0.25, 0.3) is 0 Å². The van der Waals surface area contributed by atoms with Crippen molar-refractivity contribution in [2.45, 2.75) is 32.1 Å². The molecule has 0 aromatic carbocycles. The van der Waals surface area contributed by atoms with E-state index in [4.69, 9.17) is 0 Å². The summed E-state index contributed by atoms with van der Waals surface area (Å²) in [6, 6.07) is 0. The van der Waals surface area contributed by atoms with Crippen molar-refractivity contribution in [1.29, 1.82) is 0 Å². The summed E-state index contributed by atoms with van der Waals surface area (Å²) in [5.41, 5.74) is 4.06. The highest BCUT2D eigenvalue weighted by molar-refractivity contribution is 5.34. The molecule has 0 saturated heterocycles. The fourth-order valence-corrected chi connectivity index (χ4v) is 4.19. The molecule has 1 nitrogen and oxygen atoms in total. The summed E-state index contributed by atoms with van der Waals surface area (Å²) in [6.45, 7) is 0. The first-order valence-corrected chi connectivity index (χ1v) is 9.63. The number of rotatable bonds is 4. The van der Waals surface area contributed by atoms with E-state index in [1.807, 2.05) is 0 Å². The van der Waals surface area contributed by atoms with Gasteiger partial charge in [0.05, 0.1) is 0 Å². The first kappa shape index (κ1) is 16.2. The van der Waals surface area contributed by atoms with Crippen molar-refractivity contribution in [3.63, 3.8) is 0 Å². The highest BCUT2D eigenvalue weighted by Crippen LogP contribution is 2.38. The van der Waals surface area contributed by atoms with Crippen molar-refractivity contribution in [2.24, 2.45) is 17.8 Å². The van der Waals surface area contributed by atoms with E-state index in [2.05, 4.69) is 84.3 Å². The van der Waals surface area contributed by atoms with Crippen molar-refractivity contribution >= 4 is 0 Å². The van der Waals surface area contributed by atoms with Crippen LogP contribution in [0.5, 0.6) is 0 Å². The van der Waals surface area contributed by atoms with Crippen LogP contribution in [0.15, 0.2) is 96.0 Å². The Bertz CT molecular complexity index is 736. The van der Waals surface area contributed by atoms with Crippen LogP contribution in [0.4, 0.5) is 0 Å². The molecule has 0 radical (unpaired) electrons. The van der Waals surface area contributed by atoms with E-state index in [-0.39, 0.29) is 0 Å². The molecule has 25 heavy (non-hydrogen) atoms. The predicted octanol–water partition coefficient (Wildman–Crippen LogP) is 5.90. The lowest BCUT2D eigenvalue weighted by atomic mass is 9.72. The molecule has 1 heteroatoms. The Kier molecular flexibility index (Phi) is 5.01. The lowest BCUT2D eigenvalue weighted by Crippen LogP contribution is -2.24. The van der Waals surface area contributed by atoms with Gasteiger partial charge >= 0.3 is 0 Å². The van der Waals surface area contributed by atoms with Crippen molar-refractivity contribution < 1.29 is 0 Å². The number of hydrogen-bond acceptors (Lipinski definition) is 1. The third kappa shape index (κ3) is 3.87. The van der Waals surface area contributed by atoms with Gasteiger partial charge in [-0.1, -0.05) is 72.4 Å². The molecule has 1 N–H and O–H groups in total. The lowest BCUT2D eigenvalue weighted by Gasteiger charge is -2.33. The van der Waals surface area contributed by atoms with Crippen LogP contribution in [0.3, 0.4) is 0 Å². The van der Waals surface area contributed by atoms with Gasteiger partial charge in [-0.25, -0.2) is 0 Å². The monoisotopic (exact) mass is 329 g/mol. The van der Waals surface area contributed by atoms with Crippen LogP contribution in [0.2, 0.25) is 0 Å². The summed E-state index contributed by atoms with van der Waals surface area (Å²) in [6.07, 6.45) is 35.7. The Labute approximate surface area is 151 Å². The van der Waals surface area contributed by atoms with E-state index >= 15 is 0 Å². The molecule has 0 aliphatic heterocycles. The van der Waals surface area contributed by atoms with E-state index < -0.39 is 0 Å². The third-order valence-corrected chi connectivity index (χ3v) is 5.56. The average Bonchev–Trinajstić information content (AvgIpc) is 2.70. The molecule has 0 aromatic rings. The molecule has 0 bridgehead atoms. The molecule has 4 aliphatic rings. The number of nitrogens with one attached hydrogen (secondary N) is 1. The molecule has 4 rings (SSSR count). The maximum absolute atomic E-state index is 3.55. The average molecular weight is 329 g/mol. The second-order valence-corrected chi connectivity index (χ2v) is 7.26. The Balaban J connectivity index is 1.43. The first-order valence-electron chi connectivity index (χ1n) is 9.63. The number of allylic oxidation sites excluding steroid dienone is 14. The van der Waals surface area contributed by atoms with Gasteiger partial charge in [0.25, 0.3) is 0 Å². The lowest BCUT2D eigenvalue weighted by molar-refractivity contribution is 0.396. The molecular formula is C24H27N. The smallest absolute Gasteiger partial charge is 0.0340 e. The topological polar surface area (TPSA) is 12.0 Å². The molecule has 0 spiro atoms. The normalized spacial score (nSPS) is 30.7. The maximum atomic E-state index is 3.55. The summed E-state index contributed by atoms with van der Waals surface area (Å²) in [5, 5.41) is 3.55. The van der Waals surface area contributed by atoms with E-state index in [0.717, 1.165) is 19.3 Å². The predicted molar refractivity (Wildman–Crippen MR) is 107 cm³/mol. The molecule has 0 amide bonds. The van der Waals surface area contributed by atoms with Crippen LogP contribution in [0, 0.1) is 17.8 Å². The minimum Gasteiger partial charge on any atom is -0.356 e. The van der Waals surface area contributed by atoms with E-state index in [1.165, 1.54) is 24.2 Å².